The van der Waals surface area contributed by atoms with Gasteiger partial charge in [0.15, 0.2) is 0 Å². The summed E-state index contributed by atoms with van der Waals surface area (Å²) in [7, 11) is 0. The Kier molecular flexibility index (Phi) is 4.62. The Labute approximate surface area is 111 Å². The Hall–Kier alpha value is -0.610. The largest absolute Gasteiger partial charge is 0.341 e. The van der Waals surface area contributed by atoms with E-state index in [0.717, 1.165) is 45.6 Å². The van der Waals surface area contributed by atoms with Crippen LogP contribution in [0.5, 0.6) is 0 Å². The average Bonchev–Trinajstić information content (AvgIpc) is 2.72. The minimum absolute atomic E-state index is 0.358. The summed E-state index contributed by atoms with van der Waals surface area (Å²) in [6.07, 6.45) is 1.89. The third kappa shape index (κ3) is 3.04. The number of likely N-dealkylation sites (tertiary alicyclic amines) is 1. The SMILES string of the molecule is CCC1CC(=O)N(CC2CNC(C)CN2CC)C1. The third-order valence-corrected chi connectivity index (χ3v) is 4.44. The van der Waals surface area contributed by atoms with Crippen molar-refractivity contribution in [1.29, 1.82) is 0 Å². The summed E-state index contributed by atoms with van der Waals surface area (Å²) in [4.78, 5) is 16.6. The Morgan fingerprint density at radius 3 is 2.72 bits per heavy atom. The molecule has 2 fully saturated rings. The van der Waals surface area contributed by atoms with E-state index < -0.39 is 0 Å². The average molecular weight is 253 g/mol. The number of carbonyl (C=O) groups excluding carboxylic acids is 1. The van der Waals surface area contributed by atoms with E-state index in [-0.39, 0.29) is 0 Å². The quantitative estimate of drug-likeness (QED) is 0.809. The molecule has 0 radical (unpaired) electrons. The molecule has 4 nitrogen and oxygen atoms in total. The zero-order chi connectivity index (χ0) is 13.1. The van der Waals surface area contributed by atoms with Gasteiger partial charge in [0.1, 0.15) is 0 Å². The Balaban J connectivity index is 1.90. The monoisotopic (exact) mass is 253 g/mol. The first-order chi connectivity index (χ1) is 8.63. The standard InChI is InChI=1S/C14H27N3O/c1-4-12-6-14(18)17(9-12)10-13-7-15-11(3)8-16(13)5-2/h11-13,15H,4-10H2,1-3H3. The van der Waals surface area contributed by atoms with E-state index in [1.54, 1.807) is 0 Å². The predicted molar refractivity (Wildman–Crippen MR) is 73.5 cm³/mol. The predicted octanol–water partition coefficient (Wildman–Crippen LogP) is 0.927. The summed E-state index contributed by atoms with van der Waals surface area (Å²) in [6.45, 7) is 11.7. The molecule has 2 heterocycles. The lowest BCUT2D eigenvalue weighted by atomic mass is 10.1. The number of piperazine rings is 1. The molecule has 4 heteroatoms. The summed E-state index contributed by atoms with van der Waals surface area (Å²) >= 11 is 0. The van der Waals surface area contributed by atoms with Crippen LogP contribution in [0.3, 0.4) is 0 Å². The van der Waals surface area contributed by atoms with E-state index in [9.17, 15) is 4.79 Å². The summed E-state index contributed by atoms with van der Waals surface area (Å²) in [6, 6.07) is 1.06. The Bertz CT molecular complexity index is 295. The molecule has 0 saturated carbocycles. The summed E-state index contributed by atoms with van der Waals surface area (Å²) in [5, 5.41) is 3.53. The summed E-state index contributed by atoms with van der Waals surface area (Å²) in [5.41, 5.74) is 0. The van der Waals surface area contributed by atoms with Gasteiger partial charge < -0.3 is 10.2 Å². The zero-order valence-corrected chi connectivity index (χ0v) is 12.0. The molecule has 104 valence electrons. The maximum atomic E-state index is 12.0. The van der Waals surface area contributed by atoms with Gasteiger partial charge in [0.2, 0.25) is 5.91 Å². The van der Waals surface area contributed by atoms with Crippen LogP contribution in [0, 0.1) is 5.92 Å². The van der Waals surface area contributed by atoms with E-state index in [1.807, 2.05) is 0 Å². The van der Waals surface area contributed by atoms with E-state index in [4.69, 9.17) is 0 Å². The van der Waals surface area contributed by atoms with E-state index >= 15 is 0 Å². The van der Waals surface area contributed by atoms with Crippen molar-refractivity contribution >= 4 is 5.91 Å². The fraction of sp³-hybridized carbons (Fsp3) is 0.929. The topological polar surface area (TPSA) is 35.6 Å². The number of hydrogen-bond donors (Lipinski definition) is 1. The van der Waals surface area contributed by atoms with Gasteiger partial charge in [0.05, 0.1) is 0 Å². The molecule has 0 aliphatic carbocycles. The molecule has 2 aliphatic rings. The Morgan fingerprint density at radius 1 is 1.33 bits per heavy atom. The van der Waals surface area contributed by atoms with Crippen molar-refractivity contribution in [2.75, 3.05) is 32.7 Å². The number of nitrogens with one attached hydrogen (secondary N) is 1. The second kappa shape index (κ2) is 6.02. The molecule has 0 aromatic carbocycles. The molecule has 3 unspecified atom stereocenters. The molecule has 0 aromatic heterocycles. The van der Waals surface area contributed by atoms with Crippen LogP contribution in [0.1, 0.15) is 33.6 Å². The molecule has 2 rings (SSSR count). The highest BCUT2D eigenvalue weighted by molar-refractivity contribution is 5.78. The molecular weight excluding hydrogens is 226 g/mol. The number of likely N-dealkylation sites (N-methyl/N-ethyl adjacent to an activating group) is 1. The maximum absolute atomic E-state index is 12.0. The molecule has 18 heavy (non-hydrogen) atoms. The second-order valence-electron chi connectivity index (χ2n) is 5.83. The van der Waals surface area contributed by atoms with Gasteiger partial charge in [0, 0.05) is 44.7 Å². The van der Waals surface area contributed by atoms with Crippen LogP contribution in [0.25, 0.3) is 0 Å². The van der Waals surface area contributed by atoms with Crippen molar-refractivity contribution < 1.29 is 4.79 Å². The van der Waals surface area contributed by atoms with Crippen molar-refractivity contribution in [3.05, 3.63) is 0 Å². The van der Waals surface area contributed by atoms with Crippen molar-refractivity contribution in [2.24, 2.45) is 5.92 Å². The first-order valence-corrected chi connectivity index (χ1v) is 7.39. The summed E-state index contributed by atoms with van der Waals surface area (Å²) < 4.78 is 0. The second-order valence-corrected chi connectivity index (χ2v) is 5.83. The third-order valence-electron chi connectivity index (χ3n) is 4.44. The van der Waals surface area contributed by atoms with Gasteiger partial charge in [0.25, 0.3) is 0 Å². The number of carbonyl (C=O) groups is 1. The van der Waals surface area contributed by atoms with Crippen LogP contribution < -0.4 is 5.32 Å². The molecular formula is C14H27N3O. The van der Waals surface area contributed by atoms with Crippen LogP contribution in [0.4, 0.5) is 0 Å². The molecule has 1 amide bonds. The lowest BCUT2D eigenvalue weighted by Crippen LogP contribution is -2.58. The highest BCUT2D eigenvalue weighted by Gasteiger charge is 2.32. The van der Waals surface area contributed by atoms with Gasteiger partial charge in [-0.25, -0.2) is 0 Å². The lowest BCUT2D eigenvalue weighted by molar-refractivity contribution is -0.128. The van der Waals surface area contributed by atoms with E-state index in [2.05, 4.69) is 35.9 Å². The van der Waals surface area contributed by atoms with Crippen LogP contribution in [0.15, 0.2) is 0 Å². The van der Waals surface area contributed by atoms with Crippen molar-refractivity contribution in [3.63, 3.8) is 0 Å². The van der Waals surface area contributed by atoms with Gasteiger partial charge >= 0.3 is 0 Å². The molecule has 2 aliphatic heterocycles. The number of rotatable bonds is 4. The van der Waals surface area contributed by atoms with Crippen LogP contribution in [0.2, 0.25) is 0 Å². The van der Waals surface area contributed by atoms with Crippen molar-refractivity contribution in [3.8, 4) is 0 Å². The molecule has 0 aromatic rings. The van der Waals surface area contributed by atoms with Crippen LogP contribution >= 0.6 is 0 Å². The van der Waals surface area contributed by atoms with Gasteiger partial charge in [-0.3, -0.25) is 9.69 Å². The molecule has 1 N–H and O–H groups in total. The maximum Gasteiger partial charge on any atom is 0.222 e. The molecule has 0 spiro atoms. The first-order valence-electron chi connectivity index (χ1n) is 7.39. The highest BCUT2D eigenvalue weighted by atomic mass is 16.2. The number of amides is 1. The van der Waals surface area contributed by atoms with Gasteiger partial charge in [-0.15, -0.1) is 0 Å². The normalized spacial score (nSPS) is 34.3. The number of hydrogen-bond acceptors (Lipinski definition) is 3. The van der Waals surface area contributed by atoms with Crippen LogP contribution in [-0.2, 0) is 4.79 Å². The van der Waals surface area contributed by atoms with Gasteiger partial charge in [-0.05, 0) is 19.4 Å². The lowest BCUT2D eigenvalue weighted by Gasteiger charge is -2.40. The first kappa shape index (κ1) is 13.8. The minimum atomic E-state index is 0.358. The Morgan fingerprint density at radius 2 is 2.11 bits per heavy atom. The van der Waals surface area contributed by atoms with Gasteiger partial charge in [-0.1, -0.05) is 20.3 Å². The number of nitrogens with zero attached hydrogens (tertiary/aromatic N) is 2. The van der Waals surface area contributed by atoms with Crippen molar-refractivity contribution in [1.82, 2.24) is 15.1 Å². The minimum Gasteiger partial charge on any atom is -0.341 e. The smallest absolute Gasteiger partial charge is 0.222 e. The summed E-state index contributed by atoms with van der Waals surface area (Å²) in [5.74, 6) is 0.944. The van der Waals surface area contributed by atoms with Crippen LogP contribution in [-0.4, -0.2) is 60.5 Å². The molecule has 3 atom stereocenters. The van der Waals surface area contributed by atoms with Crippen molar-refractivity contribution in [2.45, 2.75) is 45.7 Å². The fourth-order valence-electron chi connectivity index (χ4n) is 3.16. The van der Waals surface area contributed by atoms with E-state index in [0.29, 0.717) is 23.9 Å². The zero-order valence-electron chi connectivity index (χ0n) is 12.0. The van der Waals surface area contributed by atoms with Gasteiger partial charge in [-0.2, -0.15) is 0 Å². The van der Waals surface area contributed by atoms with E-state index in [1.165, 1.54) is 0 Å². The molecule has 2 saturated heterocycles. The highest BCUT2D eigenvalue weighted by Crippen LogP contribution is 2.21. The fourth-order valence-corrected chi connectivity index (χ4v) is 3.16. The molecule has 0 bridgehead atoms.